The van der Waals surface area contributed by atoms with E-state index in [1.807, 2.05) is 30.3 Å². The van der Waals surface area contributed by atoms with Crippen molar-refractivity contribution in [2.24, 2.45) is 0 Å². The van der Waals surface area contributed by atoms with Crippen LogP contribution < -0.4 is 10.6 Å². The molecule has 0 aliphatic heterocycles. The fourth-order valence-corrected chi connectivity index (χ4v) is 1.72. The fourth-order valence-electron chi connectivity index (χ4n) is 1.72. The van der Waals surface area contributed by atoms with E-state index in [1.54, 1.807) is 24.3 Å². The predicted octanol–water partition coefficient (Wildman–Crippen LogP) is 3.39. The number of nitrogens with one attached hydrogen (secondary N) is 2. The molecule has 0 saturated carbocycles. The summed E-state index contributed by atoms with van der Waals surface area (Å²) in [5, 5.41) is 5.27. The van der Waals surface area contributed by atoms with Gasteiger partial charge in [0.05, 0.1) is 0 Å². The quantitative estimate of drug-likeness (QED) is 0.904. The summed E-state index contributed by atoms with van der Waals surface area (Å²) in [6, 6.07) is 16.2. The highest BCUT2D eigenvalue weighted by Gasteiger charge is 2.04. The summed E-state index contributed by atoms with van der Waals surface area (Å²) in [7, 11) is 0. The van der Waals surface area contributed by atoms with E-state index in [2.05, 4.69) is 10.6 Å². The molecule has 2 aromatic rings. The SMILES string of the molecule is CC(=O)Nc1ccc(NC(=O)OCc2ccccc2)cc1. The number of carbonyl (C=O) groups excluding carboxylic acids is 2. The van der Waals surface area contributed by atoms with Crippen molar-refractivity contribution in [3.05, 3.63) is 60.2 Å². The standard InChI is InChI=1S/C16H16N2O3/c1-12(19)17-14-7-9-15(10-8-14)18-16(20)21-11-13-5-3-2-4-6-13/h2-10H,11H2,1H3,(H,17,19)(H,18,20). The molecule has 0 radical (unpaired) electrons. The van der Waals surface area contributed by atoms with Gasteiger partial charge in [0.15, 0.2) is 0 Å². The molecule has 0 aliphatic rings. The second-order valence-electron chi connectivity index (χ2n) is 4.45. The summed E-state index contributed by atoms with van der Waals surface area (Å²) in [6.45, 7) is 1.66. The Bertz CT molecular complexity index is 609. The summed E-state index contributed by atoms with van der Waals surface area (Å²) in [6.07, 6.45) is -0.522. The molecule has 0 heterocycles. The average Bonchev–Trinajstić information content (AvgIpc) is 2.48. The van der Waals surface area contributed by atoms with E-state index in [4.69, 9.17) is 4.74 Å². The Hall–Kier alpha value is -2.82. The number of benzene rings is 2. The van der Waals surface area contributed by atoms with Crippen LogP contribution in [0.1, 0.15) is 12.5 Å². The third-order valence-electron chi connectivity index (χ3n) is 2.66. The van der Waals surface area contributed by atoms with Gasteiger partial charge in [-0.25, -0.2) is 4.79 Å². The lowest BCUT2D eigenvalue weighted by Gasteiger charge is -2.08. The molecule has 2 N–H and O–H groups in total. The number of anilines is 2. The van der Waals surface area contributed by atoms with Crippen molar-refractivity contribution in [2.75, 3.05) is 10.6 Å². The number of amides is 2. The molecule has 0 aromatic heterocycles. The number of carbonyl (C=O) groups is 2. The predicted molar refractivity (Wildman–Crippen MR) is 81.0 cm³/mol. The Morgan fingerprint density at radius 2 is 1.48 bits per heavy atom. The van der Waals surface area contributed by atoms with Gasteiger partial charge in [0.25, 0.3) is 0 Å². The minimum absolute atomic E-state index is 0.141. The van der Waals surface area contributed by atoms with Crippen LogP contribution in [0.2, 0.25) is 0 Å². The van der Waals surface area contributed by atoms with E-state index in [1.165, 1.54) is 6.92 Å². The largest absolute Gasteiger partial charge is 0.444 e. The van der Waals surface area contributed by atoms with Crippen LogP contribution in [0.25, 0.3) is 0 Å². The van der Waals surface area contributed by atoms with Gasteiger partial charge in [0, 0.05) is 18.3 Å². The van der Waals surface area contributed by atoms with Gasteiger partial charge in [0.1, 0.15) is 6.61 Å². The maximum absolute atomic E-state index is 11.6. The first-order valence-electron chi connectivity index (χ1n) is 6.49. The lowest BCUT2D eigenvalue weighted by molar-refractivity contribution is -0.114. The molecule has 0 bridgehead atoms. The summed E-state index contributed by atoms with van der Waals surface area (Å²) in [5.41, 5.74) is 2.20. The smallest absolute Gasteiger partial charge is 0.411 e. The highest BCUT2D eigenvalue weighted by molar-refractivity contribution is 5.89. The molecule has 0 unspecified atom stereocenters. The molecule has 5 nitrogen and oxygen atoms in total. The van der Waals surface area contributed by atoms with Crippen LogP contribution in [0.15, 0.2) is 54.6 Å². The van der Waals surface area contributed by atoms with Crippen LogP contribution in [0, 0.1) is 0 Å². The number of hydrogen-bond donors (Lipinski definition) is 2. The molecular formula is C16H16N2O3. The van der Waals surface area contributed by atoms with Crippen LogP contribution in [0.5, 0.6) is 0 Å². The molecule has 0 aliphatic carbocycles. The third-order valence-corrected chi connectivity index (χ3v) is 2.66. The Morgan fingerprint density at radius 3 is 2.05 bits per heavy atom. The van der Waals surface area contributed by atoms with Crippen molar-refractivity contribution in [3.63, 3.8) is 0 Å². The van der Waals surface area contributed by atoms with Crippen LogP contribution in [0.4, 0.5) is 16.2 Å². The Labute approximate surface area is 122 Å². The average molecular weight is 284 g/mol. The number of hydrogen-bond acceptors (Lipinski definition) is 3. The van der Waals surface area contributed by atoms with E-state index in [9.17, 15) is 9.59 Å². The Kier molecular flexibility index (Phi) is 4.93. The van der Waals surface area contributed by atoms with Crippen molar-refractivity contribution in [3.8, 4) is 0 Å². The molecule has 0 spiro atoms. The van der Waals surface area contributed by atoms with Gasteiger partial charge >= 0.3 is 6.09 Å². The molecule has 2 amide bonds. The zero-order chi connectivity index (χ0) is 15.1. The van der Waals surface area contributed by atoms with E-state index in [0.29, 0.717) is 11.4 Å². The molecular weight excluding hydrogens is 268 g/mol. The van der Waals surface area contributed by atoms with Crippen molar-refractivity contribution < 1.29 is 14.3 Å². The Balaban J connectivity index is 1.83. The van der Waals surface area contributed by atoms with Crippen LogP contribution in [-0.2, 0) is 16.1 Å². The first-order valence-corrected chi connectivity index (χ1v) is 6.49. The van der Waals surface area contributed by atoms with Gasteiger partial charge in [0.2, 0.25) is 5.91 Å². The van der Waals surface area contributed by atoms with Gasteiger partial charge in [-0.1, -0.05) is 30.3 Å². The van der Waals surface area contributed by atoms with Gasteiger partial charge in [-0.3, -0.25) is 10.1 Å². The number of rotatable bonds is 4. The highest BCUT2D eigenvalue weighted by Crippen LogP contribution is 2.14. The summed E-state index contributed by atoms with van der Waals surface area (Å²) in [5.74, 6) is -0.141. The lowest BCUT2D eigenvalue weighted by atomic mass is 10.2. The molecule has 0 fully saturated rings. The zero-order valence-corrected chi connectivity index (χ0v) is 11.6. The molecule has 2 rings (SSSR count). The highest BCUT2D eigenvalue weighted by atomic mass is 16.5. The second-order valence-corrected chi connectivity index (χ2v) is 4.45. The molecule has 0 saturated heterocycles. The molecule has 2 aromatic carbocycles. The maximum atomic E-state index is 11.6. The number of ether oxygens (including phenoxy) is 1. The van der Waals surface area contributed by atoms with Gasteiger partial charge < -0.3 is 10.1 Å². The minimum Gasteiger partial charge on any atom is -0.444 e. The zero-order valence-electron chi connectivity index (χ0n) is 11.6. The molecule has 5 heteroatoms. The lowest BCUT2D eigenvalue weighted by Crippen LogP contribution is -2.13. The van der Waals surface area contributed by atoms with Crippen molar-refractivity contribution in [2.45, 2.75) is 13.5 Å². The topological polar surface area (TPSA) is 67.4 Å². The van der Waals surface area contributed by atoms with Crippen molar-refractivity contribution >= 4 is 23.4 Å². The van der Waals surface area contributed by atoms with Crippen LogP contribution >= 0.6 is 0 Å². The van der Waals surface area contributed by atoms with E-state index in [0.717, 1.165) is 5.56 Å². The second kappa shape index (κ2) is 7.09. The summed E-state index contributed by atoms with van der Waals surface area (Å²) in [4.78, 5) is 22.5. The third kappa shape index (κ3) is 4.99. The van der Waals surface area contributed by atoms with E-state index < -0.39 is 6.09 Å². The van der Waals surface area contributed by atoms with Gasteiger partial charge in [-0.2, -0.15) is 0 Å². The van der Waals surface area contributed by atoms with Crippen LogP contribution in [0.3, 0.4) is 0 Å². The first kappa shape index (κ1) is 14.6. The van der Waals surface area contributed by atoms with Crippen LogP contribution in [-0.4, -0.2) is 12.0 Å². The Morgan fingerprint density at radius 1 is 0.905 bits per heavy atom. The molecule has 21 heavy (non-hydrogen) atoms. The normalized spacial score (nSPS) is 9.76. The van der Waals surface area contributed by atoms with Gasteiger partial charge in [-0.15, -0.1) is 0 Å². The molecule has 108 valence electrons. The van der Waals surface area contributed by atoms with Crippen molar-refractivity contribution in [1.29, 1.82) is 0 Å². The monoisotopic (exact) mass is 284 g/mol. The minimum atomic E-state index is -0.522. The maximum Gasteiger partial charge on any atom is 0.411 e. The molecule has 0 atom stereocenters. The first-order chi connectivity index (χ1) is 10.1. The van der Waals surface area contributed by atoms with E-state index in [-0.39, 0.29) is 12.5 Å². The van der Waals surface area contributed by atoms with Gasteiger partial charge in [-0.05, 0) is 29.8 Å². The fraction of sp³-hybridized carbons (Fsp3) is 0.125. The summed E-state index contributed by atoms with van der Waals surface area (Å²) >= 11 is 0. The summed E-state index contributed by atoms with van der Waals surface area (Å²) < 4.78 is 5.11. The van der Waals surface area contributed by atoms with E-state index >= 15 is 0 Å². The van der Waals surface area contributed by atoms with Crippen molar-refractivity contribution in [1.82, 2.24) is 0 Å².